The topological polar surface area (TPSA) is 62.2 Å². The summed E-state index contributed by atoms with van der Waals surface area (Å²) in [6.45, 7) is 15.7. The van der Waals surface area contributed by atoms with Crippen LogP contribution in [0.25, 0.3) is 0 Å². The van der Waals surface area contributed by atoms with Gasteiger partial charge < -0.3 is 15.1 Å². The summed E-state index contributed by atoms with van der Waals surface area (Å²) in [5.74, 6) is 7.98. The van der Waals surface area contributed by atoms with E-state index >= 15 is 0 Å². The van der Waals surface area contributed by atoms with E-state index < -0.39 is 16.8 Å². The van der Waals surface area contributed by atoms with Crippen LogP contribution in [0.5, 0.6) is 0 Å². The number of hydrogen-bond acceptors (Lipinski definition) is 6. The third-order valence-electron chi connectivity index (χ3n) is 13.1. The highest BCUT2D eigenvalue weighted by molar-refractivity contribution is 8.01. The summed E-state index contributed by atoms with van der Waals surface area (Å²) >= 11 is 2.01. The minimum absolute atomic E-state index is 0.0328. The van der Waals surface area contributed by atoms with Crippen molar-refractivity contribution in [2.45, 2.75) is 132 Å². The maximum atomic E-state index is 13.1. The SMILES string of the molecule is CC#C[C@]1(O)CC[C@H]2[C@@H]3CC[C@@]4(O)CC5(CC[C@@]46Sc4cc(N(CC)CC)ccc4[C@@H](C[C@@]21C)[C@@H]36)CC(C)(C)COO5. The van der Waals surface area contributed by atoms with Crippen LogP contribution in [0, 0.1) is 40.4 Å². The molecule has 9 atom stereocenters. The molecule has 6 aliphatic rings. The fraction of sp³-hybridized carbons (Fsp3) is 0.778. The fourth-order valence-corrected chi connectivity index (χ4v) is 13.3. The Morgan fingerprint density at radius 2 is 1.81 bits per heavy atom. The molecule has 5 nitrogen and oxygen atoms in total. The van der Waals surface area contributed by atoms with E-state index in [0.29, 0.717) is 36.7 Å². The second kappa shape index (κ2) is 9.63. The highest BCUT2D eigenvalue weighted by Crippen LogP contribution is 2.76. The average Bonchev–Trinajstić information content (AvgIpc) is 3.19. The molecule has 2 N–H and O–H groups in total. The summed E-state index contributed by atoms with van der Waals surface area (Å²) < 4.78 is -0.274. The van der Waals surface area contributed by atoms with Crippen LogP contribution in [0.15, 0.2) is 23.1 Å². The second-order valence-corrected chi connectivity index (χ2v) is 17.2. The summed E-state index contributed by atoms with van der Waals surface area (Å²) in [6, 6.07) is 7.13. The molecule has 1 saturated heterocycles. The van der Waals surface area contributed by atoms with Crippen molar-refractivity contribution in [2.24, 2.45) is 28.6 Å². The third kappa shape index (κ3) is 3.92. The van der Waals surface area contributed by atoms with E-state index in [0.717, 1.165) is 64.5 Å². The van der Waals surface area contributed by atoms with Gasteiger partial charge in [0.15, 0.2) is 0 Å². The first-order valence-electron chi connectivity index (χ1n) is 16.6. The summed E-state index contributed by atoms with van der Waals surface area (Å²) in [7, 11) is 0. The zero-order chi connectivity index (χ0) is 29.8. The molecular formula is C36H51NO4S. The maximum absolute atomic E-state index is 13.1. The van der Waals surface area contributed by atoms with E-state index in [1.165, 1.54) is 16.1 Å². The summed E-state index contributed by atoms with van der Waals surface area (Å²) in [5, 5.41) is 25.2. The van der Waals surface area contributed by atoms with Gasteiger partial charge in [-0.15, -0.1) is 17.7 Å². The van der Waals surface area contributed by atoms with Gasteiger partial charge in [-0.1, -0.05) is 32.8 Å². The van der Waals surface area contributed by atoms with Crippen LogP contribution in [0.3, 0.4) is 0 Å². The number of anilines is 1. The van der Waals surface area contributed by atoms with Crippen molar-refractivity contribution in [1.29, 1.82) is 0 Å². The molecule has 6 heteroatoms. The van der Waals surface area contributed by atoms with Crippen molar-refractivity contribution >= 4 is 17.4 Å². The number of benzene rings is 1. The number of hydrogen-bond donors (Lipinski definition) is 2. The molecule has 4 aliphatic carbocycles. The smallest absolute Gasteiger partial charge is 0.131 e. The van der Waals surface area contributed by atoms with Gasteiger partial charge in [-0.3, -0.25) is 0 Å². The number of thioether (sulfide) groups is 1. The van der Waals surface area contributed by atoms with Crippen molar-refractivity contribution in [2.75, 3.05) is 24.6 Å². The van der Waals surface area contributed by atoms with Crippen molar-refractivity contribution < 1.29 is 20.0 Å². The molecule has 2 heterocycles. The molecule has 0 bridgehead atoms. The van der Waals surface area contributed by atoms with Gasteiger partial charge in [0.25, 0.3) is 0 Å². The highest BCUT2D eigenvalue weighted by Gasteiger charge is 2.74. The Bertz CT molecular complexity index is 1320. The lowest BCUT2D eigenvalue weighted by Crippen LogP contribution is -2.72. The lowest BCUT2D eigenvalue weighted by Gasteiger charge is -2.69. The first kappa shape index (κ1) is 29.5. The monoisotopic (exact) mass is 593 g/mol. The van der Waals surface area contributed by atoms with Crippen LogP contribution >= 0.6 is 11.8 Å². The van der Waals surface area contributed by atoms with Crippen LogP contribution < -0.4 is 4.90 Å². The quantitative estimate of drug-likeness (QED) is 0.288. The van der Waals surface area contributed by atoms with Gasteiger partial charge in [-0.05, 0) is 119 Å². The van der Waals surface area contributed by atoms with Gasteiger partial charge >= 0.3 is 0 Å². The number of nitrogens with zero attached hydrogens (tertiary/aromatic N) is 1. The number of fused-ring (bicyclic) bond motifs is 4. The van der Waals surface area contributed by atoms with Crippen LogP contribution in [-0.2, 0) is 9.78 Å². The van der Waals surface area contributed by atoms with E-state index in [1.807, 2.05) is 18.7 Å². The van der Waals surface area contributed by atoms with Gasteiger partial charge in [0.2, 0.25) is 0 Å². The van der Waals surface area contributed by atoms with Crippen LogP contribution in [-0.4, -0.2) is 51.5 Å². The summed E-state index contributed by atoms with van der Waals surface area (Å²) in [5.41, 5.74) is 0.268. The molecule has 0 amide bonds. The zero-order valence-electron chi connectivity index (χ0n) is 26.6. The van der Waals surface area contributed by atoms with Crippen LogP contribution in [0.4, 0.5) is 5.69 Å². The molecule has 230 valence electrons. The highest BCUT2D eigenvalue weighted by atomic mass is 32.2. The van der Waals surface area contributed by atoms with Crippen molar-refractivity contribution in [3.63, 3.8) is 0 Å². The first-order valence-corrected chi connectivity index (χ1v) is 17.5. The Morgan fingerprint density at radius 3 is 2.52 bits per heavy atom. The molecular weight excluding hydrogens is 542 g/mol. The van der Waals surface area contributed by atoms with Gasteiger partial charge in [-0.25, -0.2) is 9.78 Å². The van der Waals surface area contributed by atoms with Crippen LogP contribution in [0.2, 0.25) is 0 Å². The Labute approximate surface area is 257 Å². The fourth-order valence-electron chi connectivity index (χ4n) is 11.4. The lowest BCUT2D eigenvalue weighted by atomic mass is 9.43. The minimum atomic E-state index is -0.945. The largest absolute Gasteiger partial charge is 0.388 e. The Kier molecular flexibility index (Phi) is 6.76. The first-order chi connectivity index (χ1) is 19.9. The molecule has 2 spiro atoms. The van der Waals surface area contributed by atoms with E-state index in [1.54, 1.807) is 0 Å². The standard InChI is InChI=1S/C36H51NO4S/c1-7-14-34(38)16-13-28-26-12-15-35(39)22-33(21-31(4,5)23-40-41-33)17-18-36(35)30(26)27(20-32(28,34)6)25-11-10-24(19-29(25)42-36)37(8-2)9-3/h10-11,19,26-28,30,38-39H,8-9,12-13,15-18,20-23H2,1-6H3/t26-,27+,28-,30+,32-,33?,34-,35+,36-/m0/s1. The van der Waals surface area contributed by atoms with Gasteiger partial charge in [-0.2, -0.15) is 0 Å². The number of rotatable bonds is 3. The Balaban J connectivity index is 1.37. The molecule has 42 heavy (non-hydrogen) atoms. The predicted octanol–water partition coefficient (Wildman–Crippen LogP) is 7.09. The molecule has 7 rings (SSSR count). The molecule has 1 aromatic carbocycles. The lowest BCUT2D eigenvalue weighted by molar-refractivity contribution is -0.419. The molecule has 4 saturated carbocycles. The summed E-state index contributed by atoms with van der Waals surface area (Å²) in [6.07, 6.45) is 7.92. The minimum Gasteiger partial charge on any atom is -0.388 e. The van der Waals surface area contributed by atoms with E-state index in [2.05, 4.69) is 69.6 Å². The molecule has 5 fully saturated rings. The summed E-state index contributed by atoms with van der Waals surface area (Å²) in [4.78, 5) is 15.7. The molecule has 2 aliphatic heterocycles. The number of aliphatic hydroxyl groups is 2. The molecule has 0 aromatic heterocycles. The second-order valence-electron chi connectivity index (χ2n) is 15.8. The Hall–Kier alpha value is -1.23. The predicted molar refractivity (Wildman–Crippen MR) is 168 cm³/mol. The third-order valence-corrected chi connectivity index (χ3v) is 14.8. The van der Waals surface area contributed by atoms with Gasteiger partial charge in [0, 0.05) is 35.5 Å². The average molecular weight is 594 g/mol. The van der Waals surface area contributed by atoms with Crippen LogP contribution in [0.1, 0.15) is 111 Å². The normalized spacial score (nSPS) is 46.5. The van der Waals surface area contributed by atoms with E-state index in [4.69, 9.17) is 9.78 Å². The molecule has 1 aromatic rings. The zero-order valence-corrected chi connectivity index (χ0v) is 27.4. The molecule has 1 unspecified atom stereocenters. The molecule has 0 radical (unpaired) electrons. The van der Waals surface area contributed by atoms with Crippen molar-refractivity contribution in [3.8, 4) is 11.8 Å². The van der Waals surface area contributed by atoms with E-state index in [-0.39, 0.29) is 15.6 Å². The van der Waals surface area contributed by atoms with Crippen molar-refractivity contribution in [1.82, 2.24) is 0 Å². The Morgan fingerprint density at radius 1 is 1.02 bits per heavy atom. The van der Waals surface area contributed by atoms with Gasteiger partial charge in [0.05, 0.1) is 17.0 Å². The van der Waals surface area contributed by atoms with E-state index in [9.17, 15) is 10.2 Å². The maximum Gasteiger partial charge on any atom is 0.131 e. The van der Waals surface area contributed by atoms with Gasteiger partial charge in [0.1, 0.15) is 11.2 Å². The van der Waals surface area contributed by atoms with Crippen molar-refractivity contribution in [3.05, 3.63) is 23.8 Å².